The van der Waals surface area contributed by atoms with Gasteiger partial charge >= 0.3 is 0 Å². The van der Waals surface area contributed by atoms with Crippen LogP contribution in [-0.2, 0) is 0 Å². The van der Waals surface area contributed by atoms with Gasteiger partial charge in [0.2, 0.25) is 0 Å². The molecule has 1 aromatic carbocycles. The minimum absolute atomic E-state index is 0.460. The molecule has 0 aliphatic rings. The van der Waals surface area contributed by atoms with E-state index >= 15 is 0 Å². The smallest absolute Gasteiger partial charge is 0.173 e. The molecule has 0 heterocycles. The molecule has 0 spiro atoms. The number of hydrogen-bond donors (Lipinski definition) is 1. The topological polar surface area (TPSA) is 15.3 Å². The molecule has 1 N–H and O–H groups in total. The molecule has 0 bridgehead atoms. The van der Waals surface area contributed by atoms with Crippen molar-refractivity contribution < 1.29 is 0 Å². The van der Waals surface area contributed by atoms with Crippen molar-refractivity contribution in [3.05, 3.63) is 29.3 Å². The van der Waals surface area contributed by atoms with Gasteiger partial charge in [-0.15, -0.1) is 0 Å². The third-order valence-electron chi connectivity index (χ3n) is 3.33. The molecule has 3 heteroatoms. The summed E-state index contributed by atoms with van der Waals surface area (Å²) in [5.74, 6) is 0. The average molecular weight is 250 g/mol. The molecule has 0 saturated heterocycles. The molecular formula is C14H22N2S. The monoisotopic (exact) mass is 250 g/mol. The molecule has 0 amide bonds. The van der Waals surface area contributed by atoms with Crippen LogP contribution in [0.2, 0.25) is 0 Å². The fraction of sp³-hybridized carbons (Fsp3) is 0.500. The molecule has 0 fully saturated rings. The lowest BCUT2D eigenvalue weighted by atomic mass is 10.1. The number of anilines is 1. The Morgan fingerprint density at radius 1 is 1.35 bits per heavy atom. The molecule has 1 rings (SSSR count). The molecule has 0 aromatic heterocycles. The molecule has 17 heavy (non-hydrogen) atoms. The van der Waals surface area contributed by atoms with Gasteiger partial charge in [-0.1, -0.05) is 13.0 Å². The molecule has 0 saturated carbocycles. The summed E-state index contributed by atoms with van der Waals surface area (Å²) in [4.78, 5) is 2.10. The summed E-state index contributed by atoms with van der Waals surface area (Å²) in [6.07, 6.45) is 1.09. The first-order chi connectivity index (χ1) is 7.95. The summed E-state index contributed by atoms with van der Waals surface area (Å²) in [5.41, 5.74) is 3.65. The van der Waals surface area contributed by atoms with Crippen LogP contribution >= 0.6 is 12.2 Å². The van der Waals surface area contributed by atoms with E-state index < -0.39 is 0 Å². The highest BCUT2D eigenvalue weighted by Gasteiger charge is 2.10. The Balaban J connectivity index is 2.71. The molecule has 1 atom stereocenters. The highest BCUT2D eigenvalue weighted by molar-refractivity contribution is 7.80. The number of hydrogen-bond acceptors (Lipinski definition) is 1. The maximum atomic E-state index is 5.39. The molecule has 1 unspecified atom stereocenters. The second-order valence-corrected chi connectivity index (χ2v) is 4.98. The third kappa shape index (κ3) is 3.70. The Morgan fingerprint density at radius 3 is 2.53 bits per heavy atom. The maximum absolute atomic E-state index is 5.39. The van der Waals surface area contributed by atoms with E-state index in [1.54, 1.807) is 0 Å². The summed E-state index contributed by atoms with van der Waals surface area (Å²) < 4.78 is 0. The van der Waals surface area contributed by atoms with Gasteiger partial charge in [0.05, 0.1) is 0 Å². The zero-order valence-corrected chi connectivity index (χ0v) is 12.2. The lowest BCUT2D eigenvalue weighted by molar-refractivity contribution is 0.386. The molecule has 94 valence electrons. The zero-order chi connectivity index (χ0) is 13.0. The zero-order valence-electron chi connectivity index (χ0n) is 11.4. The largest absolute Gasteiger partial charge is 0.349 e. The van der Waals surface area contributed by atoms with E-state index in [9.17, 15) is 0 Å². The summed E-state index contributed by atoms with van der Waals surface area (Å²) in [6.45, 7) is 8.57. The van der Waals surface area contributed by atoms with Crippen LogP contribution in [-0.4, -0.2) is 23.1 Å². The lowest BCUT2D eigenvalue weighted by Gasteiger charge is -2.27. The van der Waals surface area contributed by atoms with Gasteiger partial charge in [-0.25, -0.2) is 0 Å². The first-order valence-electron chi connectivity index (χ1n) is 6.06. The Hall–Kier alpha value is -1.09. The van der Waals surface area contributed by atoms with Crippen molar-refractivity contribution in [2.75, 3.05) is 12.4 Å². The number of aryl methyl sites for hydroxylation is 2. The Kier molecular flexibility index (Phi) is 4.94. The normalized spacial score (nSPS) is 12.1. The van der Waals surface area contributed by atoms with Crippen LogP contribution in [0.5, 0.6) is 0 Å². The fourth-order valence-electron chi connectivity index (χ4n) is 1.50. The quantitative estimate of drug-likeness (QED) is 0.823. The van der Waals surface area contributed by atoms with Gasteiger partial charge in [-0.05, 0) is 62.7 Å². The lowest BCUT2D eigenvalue weighted by Crippen LogP contribution is -2.37. The standard InChI is InChI=1S/C14H22N2S/c1-6-12(4)16(5)14(17)15-13-8-7-10(2)11(3)9-13/h7-9,12H,6H2,1-5H3,(H,15,17). The number of thiocarbonyl (C=S) groups is 1. The van der Waals surface area contributed by atoms with Crippen molar-refractivity contribution in [3.63, 3.8) is 0 Å². The summed E-state index contributed by atoms with van der Waals surface area (Å²) in [6, 6.07) is 6.77. The van der Waals surface area contributed by atoms with Crippen molar-refractivity contribution >= 4 is 23.0 Å². The van der Waals surface area contributed by atoms with Crippen molar-refractivity contribution in [1.29, 1.82) is 0 Å². The van der Waals surface area contributed by atoms with E-state index in [1.807, 2.05) is 7.05 Å². The summed E-state index contributed by atoms with van der Waals surface area (Å²) >= 11 is 5.39. The fourth-order valence-corrected chi connectivity index (χ4v) is 1.80. The van der Waals surface area contributed by atoms with Gasteiger partial charge in [-0.2, -0.15) is 0 Å². The van der Waals surface area contributed by atoms with Crippen molar-refractivity contribution in [3.8, 4) is 0 Å². The number of rotatable bonds is 3. The summed E-state index contributed by atoms with van der Waals surface area (Å²) in [7, 11) is 2.03. The van der Waals surface area contributed by atoms with Gasteiger partial charge in [0, 0.05) is 18.8 Å². The van der Waals surface area contributed by atoms with Crippen LogP contribution in [0.4, 0.5) is 5.69 Å². The number of benzene rings is 1. The van der Waals surface area contributed by atoms with E-state index in [0.29, 0.717) is 6.04 Å². The van der Waals surface area contributed by atoms with Gasteiger partial charge in [0.25, 0.3) is 0 Å². The van der Waals surface area contributed by atoms with Crippen LogP contribution in [0.3, 0.4) is 0 Å². The molecule has 0 aliphatic carbocycles. The van der Waals surface area contributed by atoms with Gasteiger partial charge in [-0.3, -0.25) is 0 Å². The van der Waals surface area contributed by atoms with Crippen LogP contribution in [0.15, 0.2) is 18.2 Å². The molecule has 0 radical (unpaired) electrons. The highest BCUT2D eigenvalue weighted by atomic mass is 32.1. The Labute approximate surface area is 110 Å². The first kappa shape index (κ1) is 14.0. The van der Waals surface area contributed by atoms with Crippen LogP contribution in [0, 0.1) is 13.8 Å². The number of nitrogens with one attached hydrogen (secondary N) is 1. The predicted octanol–water partition coefficient (Wildman–Crippen LogP) is 3.73. The second kappa shape index (κ2) is 6.01. The minimum atomic E-state index is 0.460. The van der Waals surface area contributed by atoms with E-state index in [1.165, 1.54) is 11.1 Å². The van der Waals surface area contributed by atoms with E-state index in [2.05, 4.69) is 56.1 Å². The SMILES string of the molecule is CCC(C)N(C)C(=S)Nc1ccc(C)c(C)c1. The van der Waals surface area contributed by atoms with Crippen LogP contribution in [0.25, 0.3) is 0 Å². The van der Waals surface area contributed by atoms with Crippen molar-refractivity contribution in [2.45, 2.75) is 40.2 Å². The molecule has 2 nitrogen and oxygen atoms in total. The Morgan fingerprint density at radius 2 is 2.00 bits per heavy atom. The summed E-state index contributed by atoms with van der Waals surface area (Å²) in [5, 5.41) is 4.06. The highest BCUT2D eigenvalue weighted by Crippen LogP contribution is 2.15. The first-order valence-corrected chi connectivity index (χ1v) is 6.47. The second-order valence-electron chi connectivity index (χ2n) is 4.60. The third-order valence-corrected chi connectivity index (χ3v) is 3.72. The van der Waals surface area contributed by atoms with E-state index in [-0.39, 0.29) is 0 Å². The predicted molar refractivity (Wildman–Crippen MR) is 79.7 cm³/mol. The molecule has 0 aliphatic heterocycles. The van der Waals surface area contributed by atoms with Crippen LogP contribution < -0.4 is 5.32 Å². The van der Waals surface area contributed by atoms with Crippen LogP contribution in [0.1, 0.15) is 31.4 Å². The molecule has 1 aromatic rings. The Bertz CT molecular complexity index is 401. The maximum Gasteiger partial charge on any atom is 0.173 e. The van der Waals surface area contributed by atoms with E-state index in [0.717, 1.165) is 17.2 Å². The van der Waals surface area contributed by atoms with Crippen molar-refractivity contribution in [1.82, 2.24) is 4.90 Å². The minimum Gasteiger partial charge on any atom is -0.349 e. The van der Waals surface area contributed by atoms with Gasteiger partial charge < -0.3 is 10.2 Å². The average Bonchev–Trinajstić information content (AvgIpc) is 2.31. The van der Waals surface area contributed by atoms with Crippen molar-refractivity contribution in [2.24, 2.45) is 0 Å². The van der Waals surface area contributed by atoms with Gasteiger partial charge in [0.15, 0.2) is 5.11 Å². The van der Waals surface area contributed by atoms with Gasteiger partial charge in [0.1, 0.15) is 0 Å². The molecular weight excluding hydrogens is 228 g/mol. The van der Waals surface area contributed by atoms with E-state index in [4.69, 9.17) is 12.2 Å². The number of nitrogens with zero attached hydrogens (tertiary/aromatic N) is 1.